The number of hydrogen-bond acceptors (Lipinski definition) is 3. The zero-order valence-electron chi connectivity index (χ0n) is 16.5. The number of fused-ring (bicyclic) bond motifs is 1. The zero-order chi connectivity index (χ0) is 22.3. The van der Waals surface area contributed by atoms with Crippen LogP contribution in [0.25, 0.3) is 11.0 Å². The number of hydrogen-bond donors (Lipinski definition) is 1. The van der Waals surface area contributed by atoms with Crippen molar-refractivity contribution < 1.29 is 31.6 Å². The van der Waals surface area contributed by atoms with E-state index in [0.29, 0.717) is 23.2 Å². The van der Waals surface area contributed by atoms with Crippen LogP contribution < -0.4 is 5.32 Å². The minimum Gasteiger partial charge on any atom is -0.459 e. The van der Waals surface area contributed by atoms with Gasteiger partial charge in [-0.1, -0.05) is 18.2 Å². The molecule has 0 spiro atoms. The smallest absolute Gasteiger partial charge is 0.416 e. The number of furan rings is 1. The Kier molecular flexibility index (Phi) is 5.33. The molecule has 31 heavy (non-hydrogen) atoms. The van der Waals surface area contributed by atoms with Crippen LogP contribution in [0.15, 0.2) is 52.9 Å². The molecule has 3 atom stereocenters. The summed E-state index contributed by atoms with van der Waals surface area (Å²) in [6, 6.07) is 9.93. The van der Waals surface area contributed by atoms with Crippen molar-refractivity contribution in [3.8, 4) is 0 Å². The average Bonchev–Trinajstić information content (AvgIpc) is 3.40. The van der Waals surface area contributed by atoms with Gasteiger partial charge in [0.1, 0.15) is 22.9 Å². The summed E-state index contributed by atoms with van der Waals surface area (Å²) >= 11 is 0. The van der Waals surface area contributed by atoms with E-state index in [1.54, 1.807) is 13.0 Å². The van der Waals surface area contributed by atoms with Crippen LogP contribution in [0.1, 0.15) is 36.3 Å². The van der Waals surface area contributed by atoms with Crippen LogP contribution in [0.5, 0.6) is 0 Å². The van der Waals surface area contributed by atoms with E-state index in [9.17, 15) is 27.2 Å². The molecule has 0 radical (unpaired) electrons. The molecule has 1 N–H and O–H groups in total. The Labute approximate surface area is 175 Å². The van der Waals surface area contributed by atoms with Gasteiger partial charge < -0.3 is 9.73 Å². The summed E-state index contributed by atoms with van der Waals surface area (Å²) in [5, 5.41) is 3.36. The van der Waals surface area contributed by atoms with Crippen LogP contribution in [0, 0.1) is 17.7 Å². The predicted octanol–water partition coefficient (Wildman–Crippen LogP) is 5.22. The van der Waals surface area contributed by atoms with Gasteiger partial charge in [0, 0.05) is 23.6 Å². The predicted molar refractivity (Wildman–Crippen MR) is 104 cm³/mol. The molecule has 1 saturated carbocycles. The lowest BCUT2D eigenvalue weighted by atomic mass is 10.0. The molecule has 0 saturated heterocycles. The Morgan fingerprint density at radius 3 is 2.65 bits per heavy atom. The summed E-state index contributed by atoms with van der Waals surface area (Å²) in [6.45, 7) is 1.72. The minimum atomic E-state index is -4.47. The van der Waals surface area contributed by atoms with Crippen LogP contribution in [-0.4, -0.2) is 11.7 Å². The van der Waals surface area contributed by atoms with Crippen molar-refractivity contribution in [2.75, 3.05) is 0 Å². The van der Waals surface area contributed by atoms with Gasteiger partial charge in [-0.25, -0.2) is 4.39 Å². The number of halogens is 4. The Morgan fingerprint density at radius 1 is 1.13 bits per heavy atom. The van der Waals surface area contributed by atoms with Crippen molar-refractivity contribution in [3.63, 3.8) is 0 Å². The Morgan fingerprint density at radius 2 is 1.90 bits per heavy atom. The van der Waals surface area contributed by atoms with Gasteiger partial charge in [-0.2, -0.15) is 13.2 Å². The van der Waals surface area contributed by atoms with Gasteiger partial charge in [-0.3, -0.25) is 9.59 Å². The molecule has 1 amide bonds. The highest BCUT2D eigenvalue weighted by Gasteiger charge is 2.47. The Balaban J connectivity index is 1.35. The van der Waals surface area contributed by atoms with Crippen LogP contribution in [0.3, 0.4) is 0 Å². The van der Waals surface area contributed by atoms with Gasteiger partial charge in [-0.05, 0) is 49.2 Å². The monoisotopic (exact) mass is 433 g/mol. The third kappa shape index (κ3) is 4.62. The maximum Gasteiger partial charge on any atom is 0.416 e. The standard InChI is InChI=1S/C23H19F4NO3/c1-12(21-10-14-9-16(24)5-6-20(14)31-21)28-22(30)18-11-17(18)19(29)8-13-3-2-4-15(7-13)23(25,26)27/h2-7,9-10,12,17-18H,8,11H2,1H3,(H,28,30)/t12-,17?,18?/m1/s1. The van der Waals surface area contributed by atoms with Gasteiger partial charge in [0.05, 0.1) is 11.6 Å². The van der Waals surface area contributed by atoms with Crippen molar-refractivity contribution in [2.24, 2.45) is 11.8 Å². The van der Waals surface area contributed by atoms with E-state index in [0.717, 1.165) is 12.1 Å². The number of benzene rings is 2. The molecular formula is C23H19F4NO3. The van der Waals surface area contributed by atoms with E-state index in [-0.39, 0.29) is 23.7 Å². The van der Waals surface area contributed by atoms with Crippen molar-refractivity contribution >= 4 is 22.7 Å². The summed E-state index contributed by atoms with van der Waals surface area (Å²) in [7, 11) is 0. The molecule has 162 valence electrons. The van der Waals surface area contributed by atoms with E-state index >= 15 is 0 Å². The average molecular weight is 433 g/mol. The number of Topliss-reactive ketones (excluding diaryl/α,β-unsaturated/α-hetero) is 1. The van der Waals surface area contributed by atoms with Gasteiger partial charge in [0.25, 0.3) is 0 Å². The van der Waals surface area contributed by atoms with Crippen LogP contribution in [0.4, 0.5) is 17.6 Å². The highest BCUT2D eigenvalue weighted by molar-refractivity contribution is 5.94. The summed E-state index contributed by atoms with van der Waals surface area (Å²) in [4.78, 5) is 24.9. The summed E-state index contributed by atoms with van der Waals surface area (Å²) < 4.78 is 57.5. The number of rotatable bonds is 6. The molecule has 2 unspecified atom stereocenters. The number of alkyl halides is 3. The topological polar surface area (TPSA) is 59.3 Å². The van der Waals surface area contributed by atoms with Crippen LogP contribution >= 0.6 is 0 Å². The van der Waals surface area contributed by atoms with Crippen LogP contribution in [-0.2, 0) is 22.2 Å². The van der Waals surface area contributed by atoms with Crippen molar-refractivity contribution in [3.05, 3.63) is 71.2 Å². The molecule has 3 aromatic rings. The van der Waals surface area contributed by atoms with Gasteiger partial charge >= 0.3 is 6.18 Å². The maximum atomic E-state index is 13.3. The maximum absolute atomic E-state index is 13.3. The Bertz CT molecular complexity index is 1150. The second kappa shape index (κ2) is 7.83. The van der Waals surface area contributed by atoms with E-state index in [1.165, 1.54) is 30.3 Å². The molecule has 0 bridgehead atoms. The first-order chi connectivity index (χ1) is 14.6. The molecule has 1 aliphatic rings. The zero-order valence-corrected chi connectivity index (χ0v) is 16.5. The lowest BCUT2D eigenvalue weighted by Gasteiger charge is -2.11. The third-order valence-corrected chi connectivity index (χ3v) is 5.46. The fourth-order valence-electron chi connectivity index (χ4n) is 3.67. The molecule has 1 aromatic heterocycles. The molecule has 4 nitrogen and oxygen atoms in total. The fourth-order valence-corrected chi connectivity index (χ4v) is 3.67. The largest absolute Gasteiger partial charge is 0.459 e. The highest BCUT2D eigenvalue weighted by atomic mass is 19.4. The molecular weight excluding hydrogens is 414 g/mol. The number of carbonyl (C=O) groups is 2. The first-order valence-electron chi connectivity index (χ1n) is 9.80. The van der Waals surface area contributed by atoms with E-state index in [1.807, 2.05) is 0 Å². The molecule has 2 aromatic carbocycles. The van der Waals surface area contributed by atoms with E-state index in [2.05, 4.69) is 5.32 Å². The highest BCUT2D eigenvalue weighted by Crippen LogP contribution is 2.41. The first-order valence-corrected chi connectivity index (χ1v) is 9.80. The van der Waals surface area contributed by atoms with E-state index < -0.39 is 35.4 Å². The molecule has 8 heteroatoms. The van der Waals surface area contributed by atoms with Gasteiger partial charge in [-0.15, -0.1) is 0 Å². The second-order valence-electron chi connectivity index (χ2n) is 7.85. The minimum absolute atomic E-state index is 0.150. The summed E-state index contributed by atoms with van der Waals surface area (Å²) in [6.07, 6.45) is -4.26. The number of ketones is 1. The molecule has 1 heterocycles. The molecule has 1 aliphatic carbocycles. The van der Waals surface area contributed by atoms with Gasteiger partial charge in [0.15, 0.2) is 0 Å². The van der Waals surface area contributed by atoms with Gasteiger partial charge in [0.2, 0.25) is 5.91 Å². The lowest BCUT2D eigenvalue weighted by molar-refractivity contribution is -0.137. The fraction of sp³-hybridized carbons (Fsp3) is 0.304. The number of nitrogens with one attached hydrogen (secondary N) is 1. The normalized spacial score (nSPS) is 19.3. The summed E-state index contributed by atoms with van der Waals surface area (Å²) in [5.41, 5.74) is -0.0331. The summed E-state index contributed by atoms with van der Waals surface area (Å²) in [5.74, 6) is -1.53. The van der Waals surface area contributed by atoms with Crippen molar-refractivity contribution in [1.82, 2.24) is 5.32 Å². The quantitative estimate of drug-likeness (QED) is 0.543. The molecule has 1 fully saturated rings. The Hall–Kier alpha value is -3.16. The lowest BCUT2D eigenvalue weighted by Crippen LogP contribution is -2.29. The second-order valence-corrected chi connectivity index (χ2v) is 7.85. The molecule has 0 aliphatic heterocycles. The number of amides is 1. The van der Waals surface area contributed by atoms with Crippen molar-refractivity contribution in [2.45, 2.75) is 32.0 Å². The number of carbonyl (C=O) groups excluding carboxylic acids is 2. The third-order valence-electron chi connectivity index (χ3n) is 5.46. The first kappa shape index (κ1) is 21.1. The van der Waals surface area contributed by atoms with Crippen LogP contribution in [0.2, 0.25) is 0 Å². The van der Waals surface area contributed by atoms with E-state index in [4.69, 9.17) is 4.42 Å². The van der Waals surface area contributed by atoms with Crippen molar-refractivity contribution in [1.29, 1.82) is 0 Å². The molecule has 4 rings (SSSR count). The SMILES string of the molecule is C[C@@H](NC(=O)C1CC1C(=O)Cc1cccc(C(F)(F)F)c1)c1cc2cc(F)ccc2o1.